The van der Waals surface area contributed by atoms with Crippen LogP contribution in [0.4, 0.5) is 22.0 Å². The summed E-state index contributed by atoms with van der Waals surface area (Å²) in [6.07, 6.45) is 13.3. The van der Waals surface area contributed by atoms with Crippen molar-refractivity contribution in [3.05, 3.63) is 71.3 Å². The average molecular weight is 601 g/mol. The standard InChI is InChI=1S/C38H49F5/c1-2-3-4-5-26-6-8-27(9-7-26)28-10-12-31(13-11-28)34-22-23-35(36(39)24-34)32-18-14-29(15-19-32)30-16-20-33(21-17-30)37(40)25-38(41,42)43/h14-15,18-19,22-28,30-31,33H,2-13,16-17,20-21H2,1H3/b37-25-. The predicted octanol–water partition coefficient (Wildman–Crippen LogP) is 12.8. The summed E-state index contributed by atoms with van der Waals surface area (Å²) in [6.45, 7) is 2.28. The lowest BCUT2D eigenvalue weighted by Gasteiger charge is -2.38. The first-order chi connectivity index (χ1) is 20.7. The van der Waals surface area contributed by atoms with Gasteiger partial charge in [0.25, 0.3) is 0 Å². The minimum absolute atomic E-state index is 0.179. The SMILES string of the molecule is CCCCCC1CCC(C2CCC(c3ccc(-c4ccc(C5CCC(/C(F)=C/C(F)(F)F)CC5)cc4)c(F)c3)CC2)CC1. The number of benzene rings is 2. The zero-order valence-corrected chi connectivity index (χ0v) is 25.8. The summed E-state index contributed by atoms with van der Waals surface area (Å²) in [6, 6.07) is 13.7. The molecular weight excluding hydrogens is 551 g/mol. The smallest absolute Gasteiger partial charge is 0.212 e. The van der Waals surface area contributed by atoms with Gasteiger partial charge in [-0.3, -0.25) is 0 Å². The Balaban J connectivity index is 1.11. The molecule has 3 fully saturated rings. The summed E-state index contributed by atoms with van der Waals surface area (Å²) < 4.78 is 66.9. The molecule has 0 bridgehead atoms. The Morgan fingerprint density at radius 3 is 1.86 bits per heavy atom. The van der Waals surface area contributed by atoms with Crippen LogP contribution in [-0.4, -0.2) is 6.18 Å². The van der Waals surface area contributed by atoms with Gasteiger partial charge < -0.3 is 0 Å². The number of rotatable bonds is 9. The Hall–Kier alpha value is -2.17. The summed E-state index contributed by atoms with van der Waals surface area (Å²) in [4.78, 5) is 0. The van der Waals surface area contributed by atoms with Crippen molar-refractivity contribution < 1.29 is 22.0 Å². The fraction of sp³-hybridized carbons (Fsp3) is 0.632. The molecule has 0 heterocycles. The molecule has 5 heteroatoms. The van der Waals surface area contributed by atoms with Crippen LogP contribution in [0.15, 0.2) is 54.4 Å². The molecule has 0 spiro atoms. The molecule has 0 aliphatic heterocycles. The van der Waals surface area contributed by atoms with Gasteiger partial charge in [0.1, 0.15) is 11.6 Å². The largest absolute Gasteiger partial charge is 0.412 e. The molecule has 5 rings (SSSR count). The highest BCUT2D eigenvalue weighted by atomic mass is 19.4. The van der Waals surface area contributed by atoms with Crippen molar-refractivity contribution in [1.29, 1.82) is 0 Å². The summed E-state index contributed by atoms with van der Waals surface area (Å²) >= 11 is 0. The van der Waals surface area contributed by atoms with E-state index in [0.29, 0.717) is 37.2 Å². The van der Waals surface area contributed by atoms with Crippen molar-refractivity contribution in [2.24, 2.45) is 23.7 Å². The van der Waals surface area contributed by atoms with Crippen LogP contribution in [0.25, 0.3) is 11.1 Å². The maximum Gasteiger partial charge on any atom is 0.412 e. The third kappa shape index (κ3) is 8.72. The van der Waals surface area contributed by atoms with Crippen molar-refractivity contribution in [2.75, 3.05) is 0 Å². The maximum absolute atomic E-state index is 15.4. The van der Waals surface area contributed by atoms with Crippen LogP contribution in [0.1, 0.15) is 133 Å². The number of alkyl halides is 3. The molecule has 0 radical (unpaired) electrons. The lowest BCUT2D eigenvalue weighted by Crippen LogP contribution is -2.25. The maximum atomic E-state index is 15.4. The molecule has 0 atom stereocenters. The molecule has 43 heavy (non-hydrogen) atoms. The van der Waals surface area contributed by atoms with Crippen LogP contribution in [0.2, 0.25) is 0 Å². The van der Waals surface area contributed by atoms with E-state index in [1.165, 1.54) is 64.2 Å². The Morgan fingerprint density at radius 1 is 0.721 bits per heavy atom. The second-order valence-corrected chi connectivity index (χ2v) is 13.9. The molecule has 2 aromatic rings. The van der Waals surface area contributed by atoms with E-state index in [4.69, 9.17) is 0 Å². The highest BCUT2D eigenvalue weighted by Gasteiger charge is 2.32. The number of hydrogen-bond acceptors (Lipinski definition) is 0. The normalized spacial score (nSPS) is 29.0. The third-order valence-corrected chi connectivity index (χ3v) is 11.1. The van der Waals surface area contributed by atoms with Crippen molar-refractivity contribution in [1.82, 2.24) is 0 Å². The first-order valence-electron chi connectivity index (χ1n) is 17.0. The average Bonchev–Trinajstić information content (AvgIpc) is 3.01. The minimum atomic E-state index is -4.62. The van der Waals surface area contributed by atoms with Gasteiger partial charge in [-0.05, 0) is 117 Å². The first kappa shape index (κ1) is 32.2. The third-order valence-electron chi connectivity index (χ3n) is 11.1. The molecule has 0 N–H and O–H groups in total. The summed E-state index contributed by atoms with van der Waals surface area (Å²) in [5.74, 6) is 1.45. The predicted molar refractivity (Wildman–Crippen MR) is 166 cm³/mol. The lowest BCUT2D eigenvalue weighted by atomic mass is 9.68. The van der Waals surface area contributed by atoms with E-state index >= 15 is 4.39 Å². The summed E-state index contributed by atoms with van der Waals surface area (Å²) in [5, 5.41) is 0. The van der Waals surface area contributed by atoms with Gasteiger partial charge >= 0.3 is 6.18 Å². The number of halogens is 5. The molecule has 0 amide bonds. The van der Waals surface area contributed by atoms with Crippen molar-refractivity contribution in [3.8, 4) is 11.1 Å². The molecule has 3 aliphatic rings. The van der Waals surface area contributed by atoms with E-state index in [9.17, 15) is 17.6 Å². The van der Waals surface area contributed by atoms with E-state index in [1.807, 2.05) is 30.3 Å². The van der Waals surface area contributed by atoms with Crippen LogP contribution in [-0.2, 0) is 0 Å². The molecule has 0 saturated heterocycles. The van der Waals surface area contributed by atoms with Crippen molar-refractivity contribution in [2.45, 2.75) is 128 Å². The Labute approximate surface area is 255 Å². The Bertz CT molecular complexity index is 1170. The minimum Gasteiger partial charge on any atom is -0.212 e. The van der Waals surface area contributed by atoms with Gasteiger partial charge in [0, 0.05) is 11.5 Å². The van der Waals surface area contributed by atoms with Crippen LogP contribution < -0.4 is 0 Å². The Kier molecular flexibility index (Phi) is 11.0. The van der Waals surface area contributed by atoms with Gasteiger partial charge in [-0.2, -0.15) is 13.2 Å². The van der Waals surface area contributed by atoms with Crippen LogP contribution in [0.5, 0.6) is 0 Å². The topological polar surface area (TPSA) is 0 Å². The highest BCUT2D eigenvalue weighted by Crippen LogP contribution is 2.45. The number of hydrogen-bond donors (Lipinski definition) is 0. The van der Waals surface area contributed by atoms with E-state index in [2.05, 4.69) is 13.0 Å². The van der Waals surface area contributed by atoms with E-state index in [0.717, 1.165) is 47.3 Å². The molecule has 236 valence electrons. The molecule has 2 aromatic carbocycles. The van der Waals surface area contributed by atoms with E-state index < -0.39 is 17.9 Å². The van der Waals surface area contributed by atoms with Gasteiger partial charge in [0.05, 0.1) is 6.08 Å². The lowest BCUT2D eigenvalue weighted by molar-refractivity contribution is -0.0820. The highest BCUT2D eigenvalue weighted by molar-refractivity contribution is 5.65. The molecule has 0 unspecified atom stereocenters. The van der Waals surface area contributed by atoms with Gasteiger partial charge in [0.15, 0.2) is 0 Å². The van der Waals surface area contributed by atoms with E-state index in [1.54, 1.807) is 6.07 Å². The Morgan fingerprint density at radius 2 is 1.28 bits per heavy atom. The molecule has 3 saturated carbocycles. The second-order valence-electron chi connectivity index (χ2n) is 13.9. The monoisotopic (exact) mass is 600 g/mol. The van der Waals surface area contributed by atoms with Crippen LogP contribution in [0.3, 0.4) is 0 Å². The summed E-state index contributed by atoms with van der Waals surface area (Å²) in [5.41, 5.74) is 3.64. The second kappa shape index (κ2) is 14.7. The fourth-order valence-corrected chi connectivity index (χ4v) is 8.49. The van der Waals surface area contributed by atoms with Gasteiger partial charge in [-0.1, -0.05) is 81.8 Å². The van der Waals surface area contributed by atoms with Gasteiger partial charge in [-0.25, -0.2) is 8.78 Å². The molecule has 0 nitrogen and oxygen atoms in total. The van der Waals surface area contributed by atoms with Crippen molar-refractivity contribution >= 4 is 0 Å². The van der Waals surface area contributed by atoms with E-state index in [-0.39, 0.29) is 17.8 Å². The van der Waals surface area contributed by atoms with Crippen LogP contribution in [0, 0.1) is 29.5 Å². The summed E-state index contributed by atoms with van der Waals surface area (Å²) in [7, 11) is 0. The van der Waals surface area contributed by atoms with Crippen LogP contribution >= 0.6 is 0 Å². The quantitative estimate of drug-likeness (QED) is 0.198. The van der Waals surface area contributed by atoms with Gasteiger partial charge in [-0.15, -0.1) is 0 Å². The molecule has 0 aromatic heterocycles. The molecule has 3 aliphatic carbocycles. The molecular formula is C38H49F5. The number of allylic oxidation sites excluding steroid dienone is 2. The zero-order chi connectivity index (χ0) is 30.4. The first-order valence-corrected chi connectivity index (χ1v) is 17.0. The zero-order valence-electron chi connectivity index (χ0n) is 25.8. The van der Waals surface area contributed by atoms with Crippen molar-refractivity contribution in [3.63, 3.8) is 0 Å². The van der Waals surface area contributed by atoms with Gasteiger partial charge in [0.2, 0.25) is 0 Å². The fourth-order valence-electron chi connectivity index (χ4n) is 8.49. The number of unbranched alkanes of at least 4 members (excludes halogenated alkanes) is 2.